The molecule has 0 bridgehead atoms. The SMILES string of the molecule is NC1C=C(Cl)C=C(Cl)N1N. The maximum absolute atomic E-state index is 5.61. The molecule has 0 aliphatic carbocycles. The molecule has 1 unspecified atom stereocenters. The topological polar surface area (TPSA) is 55.3 Å². The van der Waals surface area contributed by atoms with Crippen molar-refractivity contribution in [2.45, 2.75) is 6.17 Å². The molecule has 3 nitrogen and oxygen atoms in total. The normalized spacial score (nSPS) is 26.0. The maximum Gasteiger partial charge on any atom is 0.122 e. The van der Waals surface area contributed by atoms with Crippen LogP contribution in [0.2, 0.25) is 0 Å². The van der Waals surface area contributed by atoms with Crippen molar-refractivity contribution in [3.8, 4) is 0 Å². The molecule has 0 saturated carbocycles. The van der Waals surface area contributed by atoms with Crippen molar-refractivity contribution in [3.05, 3.63) is 22.3 Å². The zero-order valence-corrected chi connectivity index (χ0v) is 6.60. The Morgan fingerprint density at radius 1 is 1.50 bits per heavy atom. The van der Waals surface area contributed by atoms with E-state index in [4.69, 9.17) is 34.8 Å². The molecule has 1 aliphatic heterocycles. The molecular formula is C5H7Cl2N3. The summed E-state index contributed by atoms with van der Waals surface area (Å²) in [7, 11) is 0. The Hall–Kier alpha value is -0.220. The van der Waals surface area contributed by atoms with Crippen molar-refractivity contribution in [2.75, 3.05) is 0 Å². The molecule has 0 aromatic rings. The highest BCUT2D eigenvalue weighted by molar-refractivity contribution is 6.34. The number of hydrogen-bond donors (Lipinski definition) is 2. The first kappa shape index (κ1) is 7.88. The molecule has 1 heterocycles. The minimum atomic E-state index is -0.426. The van der Waals surface area contributed by atoms with E-state index in [1.54, 1.807) is 6.08 Å². The zero-order valence-electron chi connectivity index (χ0n) is 5.09. The summed E-state index contributed by atoms with van der Waals surface area (Å²) in [5, 5.41) is 2.09. The molecule has 1 atom stereocenters. The molecule has 0 saturated heterocycles. The van der Waals surface area contributed by atoms with Gasteiger partial charge in [-0.2, -0.15) is 0 Å². The number of nitrogens with zero attached hydrogens (tertiary/aromatic N) is 1. The highest BCUT2D eigenvalue weighted by Crippen LogP contribution is 2.19. The highest BCUT2D eigenvalue weighted by Gasteiger charge is 2.14. The van der Waals surface area contributed by atoms with E-state index in [9.17, 15) is 0 Å². The summed E-state index contributed by atoms with van der Waals surface area (Å²) in [4.78, 5) is 0. The lowest BCUT2D eigenvalue weighted by Gasteiger charge is -2.25. The van der Waals surface area contributed by atoms with Crippen LogP contribution in [0.25, 0.3) is 0 Å². The van der Waals surface area contributed by atoms with Gasteiger partial charge in [0.25, 0.3) is 0 Å². The number of halogens is 2. The van der Waals surface area contributed by atoms with Crippen molar-refractivity contribution in [2.24, 2.45) is 11.6 Å². The first-order chi connectivity index (χ1) is 4.61. The monoisotopic (exact) mass is 179 g/mol. The summed E-state index contributed by atoms with van der Waals surface area (Å²) >= 11 is 11.2. The standard InChI is InChI=1S/C5H7Cl2N3/c6-3-1-4(7)10(9)5(8)2-3/h1-2,5H,8-9H2. The van der Waals surface area contributed by atoms with E-state index in [0.29, 0.717) is 10.2 Å². The van der Waals surface area contributed by atoms with Crippen LogP contribution < -0.4 is 11.6 Å². The maximum atomic E-state index is 5.61. The van der Waals surface area contributed by atoms with Gasteiger partial charge in [-0.05, 0) is 12.2 Å². The summed E-state index contributed by atoms with van der Waals surface area (Å²) < 4.78 is 0. The molecule has 0 aromatic heterocycles. The summed E-state index contributed by atoms with van der Waals surface area (Å²) in [6, 6.07) is 0. The second-order valence-electron chi connectivity index (χ2n) is 1.92. The van der Waals surface area contributed by atoms with Crippen LogP contribution in [0.3, 0.4) is 0 Å². The minimum absolute atomic E-state index is 0.347. The van der Waals surface area contributed by atoms with Crippen LogP contribution in [0, 0.1) is 0 Å². The number of hydrazine groups is 1. The number of hydrogen-bond acceptors (Lipinski definition) is 3. The molecule has 0 fully saturated rings. The molecule has 0 aromatic carbocycles. The van der Waals surface area contributed by atoms with Gasteiger partial charge in [-0.15, -0.1) is 0 Å². The lowest BCUT2D eigenvalue weighted by Crippen LogP contribution is -2.45. The summed E-state index contributed by atoms with van der Waals surface area (Å²) in [5.41, 5.74) is 5.47. The molecule has 0 amide bonds. The third kappa shape index (κ3) is 1.44. The fourth-order valence-corrected chi connectivity index (χ4v) is 1.14. The lowest BCUT2D eigenvalue weighted by molar-refractivity contribution is 0.323. The van der Waals surface area contributed by atoms with Crippen LogP contribution >= 0.6 is 23.2 Å². The fourth-order valence-electron chi connectivity index (χ4n) is 0.622. The highest BCUT2D eigenvalue weighted by atomic mass is 35.5. The third-order valence-corrected chi connectivity index (χ3v) is 1.69. The average Bonchev–Trinajstić information content (AvgIpc) is 1.82. The zero-order chi connectivity index (χ0) is 7.72. The van der Waals surface area contributed by atoms with E-state index in [1.165, 1.54) is 11.1 Å². The fraction of sp³-hybridized carbons (Fsp3) is 0.200. The predicted octanol–water partition coefficient (Wildman–Crippen LogP) is 0.663. The van der Waals surface area contributed by atoms with Crippen LogP contribution in [-0.4, -0.2) is 11.2 Å². The Bertz CT molecular complexity index is 199. The van der Waals surface area contributed by atoms with Crippen LogP contribution in [0.15, 0.2) is 22.3 Å². The Balaban J connectivity index is 2.85. The number of rotatable bonds is 0. The van der Waals surface area contributed by atoms with Crippen molar-refractivity contribution >= 4 is 23.2 Å². The first-order valence-electron chi connectivity index (χ1n) is 2.65. The molecule has 5 heteroatoms. The van der Waals surface area contributed by atoms with Crippen molar-refractivity contribution in [1.29, 1.82) is 0 Å². The van der Waals surface area contributed by atoms with Gasteiger partial charge in [-0.25, -0.2) is 5.84 Å². The van der Waals surface area contributed by atoms with Crippen molar-refractivity contribution in [3.63, 3.8) is 0 Å². The van der Waals surface area contributed by atoms with Crippen LogP contribution in [0.1, 0.15) is 0 Å². The molecular weight excluding hydrogens is 173 g/mol. The van der Waals surface area contributed by atoms with Crippen LogP contribution in [0.4, 0.5) is 0 Å². The van der Waals surface area contributed by atoms with Gasteiger partial charge in [0, 0.05) is 5.03 Å². The summed E-state index contributed by atoms with van der Waals surface area (Å²) in [5.74, 6) is 5.39. The molecule has 10 heavy (non-hydrogen) atoms. The van der Waals surface area contributed by atoms with E-state index in [0.717, 1.165) is 0 Å². The Labute approximate surface area is 68.8 Å². The Morgan fingerprint density at radius 3 is 2.60 bits per heavy atom. The van der Waals surface area contributed by atoms with Gasteiger partial charge in [0.05, 0.1) is 0 Å². The smallest absolute Gasteiger partial charge is 0.122 e. The molecule has 56 valence electrons. The van der Waals surface area contributed by atoms with Gasteiger partial charge in [-0.3, -0.25) is 5.01 Å². The van der Waals surface area contributed by atoms with E-state index in [2.05, 4.69) is 0 Å². The van der Waals surface area contributed by atoms with Crippen LogP contribution in [0.5, 0.6) is 0 Å². The van der Waals surface area contributed by atoms with E-state index in [1.807, 2.05) is 0 Å². The molecule has 4 N–H and O–H groups in total. The minimum Gasteiger partial charge on any atom is -0.307 e. The van der Waals surface area contributed by atoms with E-state index >= 15 is 0 Å². The summed E-state index contributed by atoms with van der Waals surface area (Å²) in [6.45, 7) is 0. The van der Waals surface area contributed by atoms with Gasteiger partial charge in [0.15, 0.2) is 0 Å². The Morgan fingerprint density at radius 2 is 2.10 bits per heavy atom. The lowest BCUT2D eigenvalue weighted by atomic mass is 10.3. The Kier molecular flexibility index (Phi) is 2.21. The largest absolute Gasteiger partial charge is 0.307 e. The predicted molar refractivity (Wildman–Crippen MR) is 41.9 cm³/mol. The van der Waals surface area contributed by atoms with Gasteiger partial charge < -0.3 is 5.73 Å². The van der Waals surface area contributed by atoms with E-state index in [-0.39, 0.29) is 0 Å². The molecule has 1 rings (SSSR count). The second-order valence-corrected chi connectivity index (χ2v) is 2.74. The first-order valence-corrected chi connectivity index (χ1v) is 3.41. The summed E-state index contributed by atoms with van der Waals surface area (Å²) in [6.07, 6.45) is 2.71. The van der Waals surface area contributed by atoms with Gasteiger partial charge >= 0.3 is 0 Å². The van der Waals surface area contributed by atoms with Gasteiger partial charge in [0.2, 0.25) is 0 Å². The van der Waals surface area contributed by atoms with Gasteiger partial charge in [-0.1, -0.05) is 23.2 Å². The average molecular weight is 180 g/mol. The van der Waals surface area contributed by atoms with Crippen molar-refractivity contribution < 1.29 is 0 Å². The van der Waals surface area contributed by atoms with Crippen molar-refractivity contribution in [1.82, 2.24) is 5.01 Å². The second kappa shape index (κ2) is 2.80. The molecule has 1 aliphatic rings. The van der Waals surface area contributed by atoms with E-state index < -0.39 is 6.17 Å². The number of allylic oxidation sites excluding steroid dienone is 2. The van der Waals surface area contributed by atoms with Crippen LogP contribution in [-0.2, 0) is 0 Å². The third-order valence-electron chi connectivity index (χ3n) is 1.15. The number of nitrogens with two attached hydrogens (primary N) is 2. The molecule has 0 radical (unpaired) electrons. The van der Waals surface area contributed by atoms with Gasteiger partial charge in [0.1, 0.15) is 11.3 Å². The molecule has 0 spiro atoms. The quantitative estimate of drug-likeness (QED) is 0.425.